The molecule has 2 fully saturated rings. The molecule has 1 aromatic carbocycles. The van der Waals surface area contributed by atoms with Crippen molar-refractivity contribution in [2.45, 2.75) is 45.8 Å². The van der Waals surface area contributed by atoms with E-state index >= 15 is 0 Å². The molecule has 0 aliphatic carbocycles. The zero-order chi connectivity index (χ0) is 19.7. The van der Waals surface area contributed by atoms with Gasteiger partial charge in [0.15, 0.2) is 11.6 Å². The molecule has 28 heavy (non-hydrogen) atoms. The number of amides is 1. The molecule has 7 heteroatoms. The molecule has 2 aromatic rings. The van der Waals surface area contributed by atoms with Gasteiger partial charge in [-0.2, -0.15) is 0 Å². The zero-order valence-electron chi connectivity index (χ0n) is 16.2. The van der Waals surface area contributed by atoms with E-state index in [2.05, 4.69) is 21.4 Å². The number of piperidine rings is 1. The second-order valence-electron chi connectivity index (χ2n) is 7.91. The maximum atomic E-state index is 14.1. The number of likely N-dealkylation sites (tertiary alicyclic amines) is 2. The van der Waals surface area contributed by atoms with Crippen LogP contribution in [0.15, 0.2) is 30.6 Å². The highest BCUT2D eigenvalue weighted by atomic mass is 19.2. The van der Waals surface area contributed by atoms with Crippen molar-refractivity contribution in [3.63, 3.8) is 0 Å². The van der Waals surface area contributed by atoms with Crippen LogP contribution < -0.4 is 0 Å². The zero-order valence-corrected chi connectivity index (χ0v) is 16.2. The summed E-state index contributed by atoms with van der Waals surface area (Å²) < 4.78 is 29.7. The predicted molar refractivity (Wildman–Crippen MR) is 101 cm³/mol. The number of aromatic nitrogens is 2. The largest absolute Gasteiger partial charge is 0.338 e. The maximum Gasteiger partial charge on any atom is 0.230 e. The van der Waals surface area contributed by atoms with Crippen molar-refractivity contribution < 1.29 is 13.6 Å². The lowest BCUT2D eigenvalue weighted by Gasteiger charge is -2.39. The molecular weight excluding hydrogens is 362 g/mol. The van der Waals surface area contributed by atoms with E-state index in [4.69, 9.17) is 0 Å². The molecule has 2 aliphatic rings. The SMILES string of the molecule is CCn1ccnc1CN1CC[C@]2(CCCN(Cc3cccc(F)c3F)C2=O)C1. The number of nitrogens with zero attached hydrogens (tertiary/aromatic N) is 4. The Balaban J connectivity index is 1.46. The van der Waals surface area contributed by atoms with Crippen LogP contribution in [0.3, 0.4) is 0 Å². The molecule has 0 N–H and O–H groups in total. The van der Waals surface area contributed by atoms with E-state index in [1.807, 2.05) is 12.4 Å². The Morgan fingerprint density at radius 3 is 2.86 bits per heavy atom. The van der Waals surface area contributed by atoms with Gasteiger partial charge in [0.2, 0.25) is 5.91 Å². The molecule has 5 nitrogen and oxygen atoms in total. The van der Waals surface area contributed by atoms with Crippen molar-refractivity contribution in [1.82, 2.24) is 19.4 Å². The first kappa shape index (κ1) is 19.1. The number of imidazole rings is 1. The van der Waals surface area contributed by atoms with E-state index in [1.165, 1.54) is 6.07 Å². The molecule has 1 amide bonds. The van der Waals surface area contributed by atoms with Gasteiger partial charge in [-0.05, 0) is 38.8 Å². The fourth-order valence-corrected chi connectivity index (χ4v) is 4.63. The molecule has 1 atom stereocenters. The lowest BCUT2D eigenvalue weighted by Crippen LogP contribution is -2.49. The van der Waals surface area contributed by atoms with Gasteiger partial charge in [-0.15, -0.1) is 0 Å². The third-order valence-corrected chi connectivity index (χ3v) is 6.16. The van der Waals surface area contributed by atoms with E-state index in [9.17, 15) is 13.6 Å². The number of hydrogen-bond donors (Lipinski definition) is 0. The molecule has 4 rings (SSSR count). The van der Waals surface area contributed by atoms with Crippen molar-refractivity contribution >= 4 is 5.91 Å². The summed E-state index contributed by atoms with van der Waals surface area (Å²) in [4.78, 5) is 21.7. The van der Waals surface area contributed by atoms with Gasteiger partial charge in [-0.25, -0.2) is 13.8 Å². The first-order valence-corrected chi connectivity index (χ1v) is 9.97. The Labute approximate surface area is 164 Å². The summed E-state index contributed by atoms with van der Waals surface area (Å²) in [6.07, 6.45) is 6.33. The summed E-state index contributed by atoms with van der Waals surface area (Å²) in [6.45, 7) is 5.97. The summed E-state index contributed by atoms with van der Waals surface area (Å²) >= 11 is 0. The fraction of sp³-hybridized carbons (Fsp3) is 0.524. The smallest absolute Gasteiger partial charge is 0.230 e. The van der Waals surface area contributed by atoms with Crippen molar-refractivity contribution in [3.8, 4) is 0 Å². The molecule has 3 heterocycles. The Morgan fingerprint density at radius 2 is 2.04 bits per heavy atom. The third kappa shape index (κ3) is 3.43. The van der Waals surface area contributed by atoms with Crippen LogP contribution >= 0.6 is 0 Å². The average Bonchev–Trinajstić information content (AvgIpc) is 3.30. The lowest BCUT2D eigenvalue weighted by atomic mass is 9.78. The Morgan fingerprint density at radius 1 is 1.18 bits per heavy atom. The molecular formula is C21H26F2N4O. The molecule has 2 aliphatic heterocycles. The van der Waals surface area contributed by atoms with Crippen LogP contribution in [0.2, 0.25) is 0 Å². The van der Waals surface area contributed by atoms with Crippen LogP contribution in [-0.4, -0.2) is 44.9 Å². The molecule has 0 saturated carbocycles. The van der Waals surface area contributed by atoms with Gasteiger partial charge >= 0.3 is 0 Å². The Kier molecular flexibility index (Phi) is 5.19. The third-order valence-electron chi connectivity index (χ3n) is 6.16. The van der Waals surface area contributed by atoms with Crippen LogP contribution in [0.4, 0.5) is 8.78 Å². The molecule has 0 bridgehead atoms. The highest BCUT2D eigenvalue weighted by molar-refractivity contribution is 5.84. The minimum atomic E-state index is -0.866. The Bertz CT molecular complexity index is 868. The van der Waals surface area contributed by atoms with Crippen molar-refractivity contribution in [3.05, 3.63) is 53.6 Å². The van der Waals surface area contributed by atoms with Gasteiger partial charge in [0.25, 0.3) is 0 Å². The van der Waals surface area contributed by atoms with Gasteiger partial charge in [0.05, 0.1) is 12.0 Å². The number of hydrogen-bond acceptors (Lipinski definition) is 3. The minimum absolute atomic E-state index is 0.0729. The number of carbonyl (C=O) groups excluding carboxylic acids is 1. The summed E-state index contributed by atoms with van der Waals surface area (Å²) in [5, 5.41) is 0. The quantitative estimate of drug-likeness (QED) is 0.790. The lowest BCUT2D eigenvalue weighted by molar-refractivity contribution is -0.146. The number of carbonyl (C=O) groups is 1. The normalized spacial score (nSPS) is 23.1. The van der Waals surface area contributed by atoms with E-state index < -0.39 is 17.0 Å². The number of halogens is 2. The summed E-state index contributed by atoms with van der Waals surface area (Å²) in [6, 6.07) is 4.15. The van der Waals surface area contributed by atoms with Crippen LogP contribution in [0, 0.1) is 17.0 Å². The molecule has 0 unspecified atom stereocenters. The van der Waals surface area contributed by atoms with E-state index in [0.29, 0.717) is 13.1 Å². The maximum absolute atomic E-state index is 14.1. The number of aryl methyl sites for hydroxylation is 1. The summed E-state index contributed by atoms with van der Waals surface area (Å²) in [5.41, 5.74) is -0.170. The van der Waals surface area contributed by atoms with Crippen LogP contribution in [0.25, 0.3) is 0 Å². The highest BCUT2D eigenvalue weighted by Gasteiger charge is 2.48. The predicted octanol–water partition coefficient (Wildman–Crippen LogP) is 3.20. The molecule has 0 radical (unpaired) electrons. The molecule has 2 saturated heterocycles. The molecule has 150 valence electrons. The molecule has 1 spiro atoms. The van der Waals surface area contributed by atoms with E-state index in [-0.39, 0.29) is 18.0 Å². The van der Waals surface area contributed by atoms with Crippen LogP contribution in [-0.2, 0) is 24.4 Å². The summed E-state index contributed by atoms with van der Waals surface area (Å²) in [5.74, 6) is -0.630. The molecule has 1 aromatic heterocycles. The van der Waals surface area contributed by atoms with Gasteiger partial charge in [0.1, 0.15) is 5.82 Å². The van der Waals surface area contributed by atoms with Crippen molar-refractivity contribution in [2.75, 3.05) is 19.6 Å². The first-order valence-electron chi connectivity index (χ1n) is 9.97. The van der Waals surface area contributed by atoms with Gasteiger partial charge < -0.3 is 9.47 Å². The second-order valence-corrected chi connectivity index (χ2v) is 7.91. The minimum Gasteiger partial charge on any atom is -0.338 e. The highest BCUT2D eigenvalue weighted by Crippen LogP contribution is 2.41. The van der Waals surface area contributed by atoms with Gasteiger partial charge in [-0.1, -0.05) is 12.1 Å². The topological polar surface area (TPSA) is 41.4 Å². The fourth-order valence-electron chi connectivity index (χ4n) is 4.63. The summed E-state index contributed by atoms with van der Waals surface area (Å²) in [7, 11) is 0. The van der Waals surface area contributed by atoms with Crippen LogP contribution in [0.1, 0.15) is 37.6 Å². The van der Waals surface area contributed by atoms with E-state index in [1.54, 1.807) is 11.0 Å². The average molecular weight is 388 g/mol. The Hall–Kier alpha value is -2.28. The van der Waals surface area contributed by atoms with Crippen LogP contribution in [0.5, 0.6) is 0 Å². The van der Waals surface area contributed by atoms with Gasteiger partial charge in [-0.3, -0.25) is 9.69 Å². The number of rotatable bonds is 5. The van der Waals surface area contributed by atoms with Gasteiger partial charge in [0, 0.05) is 44.1 Å². The van der Waals surface area contributed by atoms with E-state index in [0.717, 1.165) is 50.8 Å². The standard InChI is InChI=1S/C21H26F2N4O/c1-2-26-12-9-24-18(26)14-25-11-8-21(15-25)7-4-10-27(20(21)28)13-16-5-3-6-17(22)19(16)23/h3,5-6,9,12H,2,4,7-8,10-11,13-15H2,1H3/t21-/m1/s1. The monoisotopic (exact) mass is 388 g/mol. The number of benzene rings is 1. The first-order chi connectivity index (χ1) is 13.5. The van der Waals surface area contributed by atoms with Crippen molar-refractivity contribution in [1.29, 1.82) is 0 Å². The second kappa shape index (κ2) is 7.62. The van der Waals surface area contributed by atoms with Crippen molar-refractivity contribution in [2.24, 2.45) is 5.41 Å².